The van der Waals surface area contributed by atoms with E-state index in [9.17, 15) is 27.6 Å². The van der Waals surface area contributed by atoms with Gasteiger partial charge in [0.2, 0.25) is 0 Å². The molecular weight excluding hydrogens is 515 g/mol. The number of aromatic nitrogens is 4. The highest BCUT2D eigenvalue weighted by Gasteiger charge is 2.30. The number of alkyl halides is 3. The standard InChI is InChI=1S/C26H24F3N7O3/c1-3-18-12-14(2)36(35-18)24(38)16-6-4-15(5-7-16)13-20-32-21(22(30)37)23(33-20)34-25(39)31-19-10-8-17(9-11-19)26(27,28)29/h4-12H,3,13H2,1-2H3,(H2,30,37)(H,32,33)(H2,31,34,39). The number of nitrogens with two attached hydrogens (primary N) is 1. The number of benzene rings is 2. The van der Waals surface area contributed by atoms with Gasteiger partial charge in [-0.3, -0.25) is 14.9 Å². The van der Waals surface area contributed by atoms with Crippen molar-refractivity contribution < 1.29 is 27.6 Å². The number of urea groups is 1. The molecule has 0 aliphatic rings. The average Bonchev–Trinajstić information content (AvgIpc) is 3.46. The second-order valence-corrected chi connectivity index (χ2v) is 8.65. The van der Waals surface area contributed by atoms with E-state index >= 15 is 0 Å². The van der Waals surface area contributed by atoms with Crippen molar-refractivity contribution in [3.8, 4) is 0 Å². The Bertz CT molecular complexity index is 1520. The molecule has 0 fully saturated rings. The number of H-pyrrole nitrogens is 1. The fourth-order valence-corrected chi connectivity index (χ4v) is 3.78. The number of anilines is 2. The van der Waals surface area contributed by atoms with E-state index in [-0.39, 0.29) is 29.5 Å². The average molecular weight is 540 g/mol. The molecule has 0 bridgehead atoms. The van der Waals surface area contributed by atoms with E-state index < -0.39 is 23.7 Å². The molecule has 0 saturated carbocycles. The van der Waals surface area contributed by atoms with Crippen molar-refractivity contribution in [2.75, 3.05) is 10.6 Å². The SMILES string of the molecule is CCc1cc(C)n(C(=O)c2ccc(Cc3nc(NC(=O)Nc4ccc(C(F)(F)F)cc4)c(C(N)=O)[nH]3)cc2)n1. The summed E-state index contributed by atoms with van der Waals surface area (Å²) in [6.45, 7) is 3.76. The topological polar surface area (TPSA) is 148 Å². The van der Waals surface area contributed by atoms with Crippen LogP contribution < -0.4 is 16.4 Å². The van der Waals surface area contributed by atoms with Crippen LogP contribution in [0.1, 0.15) is 56.1 Å². The first kappa shape index (κ1) is 27.1. The van der Waals surface area contributed by atoms with E-state index in [0.717, 1.165) is 41.2 Å². The Labute approximate surface area is 220 Å². The fraction of sp³-hybridized carbons (Fsp3) is 0.192. The lowest BCUT2D eigenvalue weighted by molar-refractivity contribution is -0.137. The number of rotatable bonds is 7. The van der Waals surface area contributed by atoms with Gasteiger partial charge < -0.3 is 16.0 Å². The number of carbonyl (C=O) groups is 3. The summed E-state index contributed by atoms with van der Waals surface area (Å²) in [5.41, 5.74) is 7.23. The van der Waals surface area contributed by atoms with Gasteiger partial charge in [0.1, 0.15) is 11.5 Å². The Morgan fingerprint density at radius 1 is 1.03 bits per heavy atom. The Hall–Kier alpha value is -4.94. The predicted octanol–water partition coefficient (Wildman–Crippen LogP) is 4.52. The summed E-state index contributed by atoms with van der Waals surface area (Å²) in [5, 5.41) is 9.06. The van der Waals surface area contributed by atoms with Gasteiger partial charge in [-0.05, 0) is 61.4 Å². The highest BCUT2D eigenvalue weighted by molar-refractivity contribution is 6.04. The van der Waals surface area contributed by atoms with Crippen LogP contribution in [0.25, 0.3) is 0 Å². The number of primary amides is 1. The molecule has 0 radical (unpaired) electrons. The molecule has 202 valence electrons. The van der Waals surface area contributed by atoms with Gasteiger partial charge in [0, 0.05) is 23.4 Å². The molecule has 39 heavy (non-hydrogen) atoms. The lowest BCUT2D eigenvalue weighted by atomic mass is 10.1. The number of aromatic amines is 1. The fourth-order valence-electron chi connectivity index (χ4n) is 3.78. The highest BCUT2D eigenvalue weighted by atomic mass is 19.4. The van der Waals surface area contributed by atoms with Crippen LogP contribution in [0.15, 0.2) is 54.6 Å². The number of carbonyl (C=O) groups excluding carboxylic acids is 3. The summed E-state index contributed by atoms with van der Waals surface area (Å²) in [7, 11) is 0. The van der Waals surface area contributed by atoms with Crippen molar-refractivity contribution in [1.29, 1.82) is 0 Å². The third-order valence-electron chi connectivity index (χ3n) is 5.77. The second-order valence-electron chi connectivity index (χ2n) is 8.65. The first-order chi connectivity index (χ1) is 18.4. The van der Waals surface area contributed by atoms with Crippen LogP contribution in [0, 0.1) is 6.92 Å². The molecule has 3 amide bonds. The quantitative estimate of drug-likeness (QED) is 0.273. The summed E-state index contributed by atoms with van der Waals surface area (Å²) < 4.78 is 39.5. The summed E-state index contributed by atoms with van der Waals surface area (Å²) in [5.74, 6) is -0.975. The van der Waals surface area contributed by atoms with Gasteiger partial charge in [0.05, 0.1) is 11.3 Å². The van der Waals surface area contributed by atoms with Crippen LogP contribution in [0.2, 0.25) is 0 Å². The van der Waals surface area contributed by atoms with Gasteiger partial charge in [-0.1, -0.05) is 19.1 Å². The number of hydrogen-bond acceptors (Lipinski definition) is 5. The smallest absolute Gasteiger partial charge is 0.364 e. The number of amides is 3. The molecule has 0 saturated heterocycles. The third kappa shape index (κ3) is 6.32. The molecule has 2 heterocycles. The summed E-state index contributed by atoms with van der Waals surface area (Å²) in [4.78, 5) is 44.1. The van der Waals surface area contributed by atoms with Gasteiger partial charge in [-0.25, -0.2) is 14.5 Å². The predicted molar refractivity (Wildman–Crippen MR) is 137 cm³/mol. The molecule has 0 aliphatic heterocycles. The van der Waals surface area contributed by atoms with Crippen molar-refractivity contribution in [3.05, 3.63) is 94.2 Å². The normalized spacial score (nSPS) is 11.3. The van der Waals surface area contributed by atoms with Crippen LogP contribution in [0.5, 0.6) is 0 Å². The molecule has 4 aromatic rings. The second kappa shape index (κ2) is 10.8. The minimum absolute atomic E-state index is 0.0998. The Kier molecular flexibility index (Phi) is 7.51. The van der Waals surface area contributed by atoms with Crippen molar-refractivity contribution in [2.45, 2.75) is 32.9 Å². The van der Waals surface area contributed by atoms with Gasteiger partial charge in [0.15, 0.2) is 5.82 Å². The molecule has 13 heteroatoms. The Morgan fingerprint density at radius 2 is 1.69 bits per heavy atom. The molecule has 2 aromatic carbocycles. The maximum Gasteiger partial charge on any atom is 0.416 e. The third-order valence-corrected chi connectivity index (χ3v) is 5.77. The zero-order chi connectivity index (χ0) is 28.3. The van der Waals surface area contributed by atoms with Crippen molar-refractivity contribution >= 4 is 29.4 Å². The lowest BCUT2D eigenvalue weighted by Gasteiger charge is -2.09. The number of hydrogen-bond donors (Lipinski definition) is 4. The number of imidazole rings is 1. The first-order valence-electron chi connectivity index (χ1n) is 11.8. The Morgan fingerprint density at radius 3 is 2.26 bits per heavy atom. The number of halogens is 3. The van der Waals surface area contributed by atoms with E-state index in [1.807, 2.05) is 13.0 Å². The molecule has 2 aromatic heterocycles. The minimum atomic E-state index is -4.50. The molecule has 5 N–H and O–H groups in total. The van der Waals surface area contributed by atoms with E-state index in [2.05, 4.69) is 25.7 Å². The molecule has 0 atom stereocenters. The van der Waals surface area contributed by atoms with E-state index in [1.54, 1.807) is 31.2 Å². The monoisotopic (exact) mass is 539 g/mol. The first-order valence-corrected chi connectivity index (χ1v) is 11.8. The van der Waals surface area contributed by atoms with E-state index in [0.29, 0.717) is 17.8 Å². The maximum absolute atomic E-state index is 12.8. The molecular formula is C26H24F3N7O3. The van der Waals surface area contributed by atoms with Crippen LogP contribution in [0.4, 0.5) is 29.5 Å². The number of aryl methyl sites for hydroxylation is 2. The summed E-state index contributed by atoms with van der Waals surface area (Å²) in [6, 6.07) is 11.6. The van der Waals surface area contributed by atoms with Gasteiger partial charge in [0.25, 0.3) is 11.8 Å². The molecule has 0 unspecified atom stereocenters. The number of nitrogens with one attached hydrogen (secondary N) is 3. The molecule has 10 nitrogen and oxygen atoms in total. The zero-order valence-electron chi connectivity index (χ0n) is 20.9. The van der Waals surface area contributed by atoms with Crippen molar-refractivity contribution in [2.24, 2.45) is 5.73 Å². The zero-order valence-corrected chi connectivity index (χ0v) is 20.9. The van der Waals surface area contributed by atoms with Gasteiger partial charge in [-0.2, -0.15) is 18.3 Å². The lowest BCUT2D eigenvalue weighted by Crippen LogP contribution is -2.22. The van der Waals surface area contributed by atoms with Crippen LogP contribution >= 0.6 is 0 Å². The maximum atomic E-state index is 12.8. The summed E-state index contributed by atoms with van der Waals surface area (Å²) in [6.07, 6.45) is -3.57. The Balaban J connectivity index is 1.44. The number of nitrogens with zero attached hydrogens (tertiary/aromatic N) is 3. The minimum Gasteiger partial charge on any atom is -0.364 e. The van der Waals surface area contributed by atoms with Crippen LogP contribution in [-0.2, 0) is 19.0 Å². The van der Waals surface area contributed by atoms with E-state index in [4.69, 9.17) is 5.73 Å². The summed E-state index contributed by atoms with van der Waals surface area (Å²) >= 11 is 0. The van der Waals surface area contributed by atoms with Crippen LogP contribution in [-0.4, -0.2) is 37.6 Å². The molecule has 0 spiro atoms. The van der Waals surface area contributed by atoms with E-state index in [1.165, 1.54) is 4.68 Å². The largest absolute Gasteiger partial charge is 0.416 e. The van der Waals surface area contributed by atoms with Gasteiger partial charge in [-0.15, -0.1) is 0 Å². The highest BCUT2D eigenvalue weighted by Crippen LogP contribution is 2.29. The molecule has 0 aliphatic carbocycles. The van der Waals surface area contributed by atoms with Crippen LogP contribution in [0.3, 0.4) is 0 Å². The van der Waals surface area contributed by atoms with Crippen molar-refractivity contribution in [3.63, 3.8) is 0 Å². The van der Waals surface area contributed by atoms with Crippen molar-refractivity contribution in [1.82, 2.24) is 19.7 Å². The molecule has 4 rings (SSSR count). The van der Waals surface area contributed by atoms with Gasteiger partial charge >= 0.3 is 12.2 Å².